The van der Waals surface area contributed by atoms with Crippen molar-refractivity contribution in [1.82, 2.24) is 34.1 Å². The highest BCUT2D eigenvalue weighted by Gasteiger charge is 2.16. The smallest absolute Gasteiger partial charge is 0.329 e. The second kappa shape index (κ2) is 6.28. The summed E-state index contributed by atoms with van der Waals surface area (Å²) in [5.41, 5.74) is -0.339. The number of rotatable bonds is 4. The van der Waals surface area contributed by atoms with E-state index < -0.39 is 11.2 Å². The molecular weight excluding hydrogens is 326 g/mol. The molecule has 0 bridgehead atoms. The summed E-state index contributed by atoms with van der Waals surface area (Å²) in [5, 5.41) is 3.99. The quantitative estimate of drug-likeness (QED) is 0.698. The van der Waals surface area contributed by atoms with Gasteiger partial charge in [-0.15, -0.1) is 0 Å². The molecule has 10 heteroatoms. The number of aromatic nitrogens is 6. The van der Waals surface area contributed by atoms with Crippen LogP contribution in [0, 0.1) is 0 Å². The Balaban J connectivity index is 1.57. The Kier molecular flexibility index (Phi) is 3.96. The molecule has 3 aromatic rings. The van der Waals surface area contributed by atoms with E-state index in [0.29, 0.717) is 29.4 Å². The van der Waals surface area contributed by atoms with Gasteiger partial charge in [0.05, 0.1) is 19.4 Å². The lowest BCUT2D eigenvalue weighted by Crippen LogP contribution is -2.29. The first-order valence-electron chi connectivity index (χ1n) is 8.30. The average molecular weight is 345 g/mol. The number of piperidine rings is 1. The van der Waals surface area contributed by atoms with Gasteiger partial charge < -0.3 is 9.09 Å². The van der Waals surface area contributed by atoms with Gasteiger partial charge in [0.1, 0.15) is 0 Å². The van der Waals surface area contributed by atoms with Gasteiger partial charge in [-0.25, -0.2) is 9.78 Å². The van der Waals surface area contributed by atoms with Crippen LogP contribution in [0.5, 0.6) is 0 Å². The third-order valence-electron chi connectivity index (χ3n) is 4.51. The van der Waals surface area contributed by atoms with Gasteiger partial charge in [0, 0.05) is 7.05 Å². The lowest BCUT2D eigenvalue weighted by Gasteiger charge is -2.24. The van der Waals surface area contributed by atoms with Crippen molar-refractivity contribution in [3.8, 4) is 0 Å². The van der Waals surface area contributed by atoms with E-state index in [-0.39, 0.29) is 6.54 Å². The summed E-state index contributed by atoms with van der Waals surface area (Å²) in [6, 6.07) is 0. The fraction of sp³-hybridized carbons (Fsp3) is 0.533. The number of nitrogens with one attached hydrogen (secondary N) is 1. The normalized spacial score (nSPS) is 15.9. The number of fused-ring (bicyclic) bond motifs is 1. The fourth-order valence-corrected chi connectivity index (χ4v) is 3.19. The summed E-state index contributed by atoms with van der Waals surface area (Å²) in [5.74, 6) is 1.04. The summed E-state index contributed by atoms with van der Waals surface area (Å²) in [6.45, 7) is 2.99. The Labute approximate surface area is 142 Å². The number of hydrogen-bond acceptors (Lipinski definition) is 7. The van der Waals surface area contributed by atoms with E-state index in [1.807, 2.05) is 0 Å². The number of aryl methyl sites for hydroxylation is 1. The van der Waals surface area contributed by atoms with Gasteiger partial charge in [-0.3, -0.25) is 19.2 Å². The van der Waals surface area contributed by atoms with Crippen molar-refractivity contribution in [2.24, 2.45) is 7.05 Å². The molecule has 0 aromatic carbocycles. The molecule has 1 aliphatic heterocycles. The number of nitrogens with zero attached hydrogens (tertiary/aromatic N) is 6. The number of imidazole rings is 1. The Morgan fingerprint density at radius 1 is 1.20 bits per heavy atom. The van der Waals surface area contributed by atoms with Crippen molar-refractivity contribution >= 4 is 11.2 Å². The monoisotopic (exact) mass is 345 g/mol. The molecule has 0 radical (unpaired) electrons. The van der Waals surface area contributed by atoms with Gasteiger partial charge in [-0.1, -0.05) is 11.6 Å². The summed E-state index contributed by atoms with van der Waals surface area (Å²) in [7, 11) is 1.56. The molecule has 4 heterocycles. The van der Waals surface area contributed by atoms with Gasteiger partial charge in [0.2, 0.25) is 5.89 Å². The zero-order chi connectivity index (χ0) is 17.4. The molecule has 3 aromatic heterocycles. The van der Waals surface area contributed by atoms with Crippen LogP contribution in [0.2, 0.25) is 0 Å². The lowest BCUT2D eigenvalue weighted by molar-refractivity contribution is 0.193. The number of aromatic amines is 1. The standard InChI is InChI=1S/C15H19N7O3/c1-20-13-12(14(23)18-15(20)24)22(9-16-13)7-10-17-11(25-19-10)8-21-5-3-2-4-6-21/h9H,2-8H2,1H3,(H,18,23,24). The molecular formula is C15H19N7O3. The fourth-order valence-electron chi connectivity index (χ4n) is 3.19. The molecule has 0 aliphatic carbocycles. The predicted molar refractivity (Wildman–Crippen MR) is 88.1 cm³/mol. The molecule has 0 atom stereocenters. The molecule has 1 N–H and O–H groups in total. The number of likely N-dealkylation sites (tertiary alicyclic amines) is 1. The minimum atomic E-state index is -0.494. The summed E-state index contributed by atoms with van der Waals surface area (Å²) < 4.78 is 8.23. The third kappa shape index (κ3) is 3.00. The van der Waals surface area contributed by atoms with Gasteiger partial charge in [0.15, 0.2) is 17.0 Å². The first-order valence-corrected chi connectivity index (χ1v) is 8.30. The maximum Gasteiger partial charge on any atom is 0.329 e. The molecule has 25 heavy (non-hydrogen) atoms. The minimum absolute atomic E-state index is 0.251. The highest BCUT2D eigenvalue weighted by atomic mass is 16.5. The second-order valence-electron chi connectivity index (χ2n) is 6.30. The van der Waals surface area contributed by atoms with E-state index in [1.165, 1.54) is 30.2 Å². The van der Waals surface area contributed by atoms with Gasteiger partial charge in [-0.2, -0.15) is 4.98 Å². The van der Waals surface area contributed by atoms with Crippen LogP contribution in [0.3, 0.4) is 0 Å². The van der Waals surface area contributed by atoms with Crippen molar-refractivity contribution in [1.29, 1.82) is 0 Å². The second-order valence-corrected chi connectivity index (χ2v) is 6.30. The molecule has 10 nitrogen and oxygen atoms in total. The van der Waals surface area contributed by atoms with Gasteiger partial charge in [0.25, 0.3) is 5.56 Å². The zero-order valence-corrected chi connectivity index (χ0v) is 13.9. The molecule has 1 aliphatic rings. The van der Waals surface area contributed by atoms with E-state index in [4.69, 9.17) is 4.52 Å². The van der Waals surface area contributed by atoms with Crippen LogP contribution in [0.4, 0.5) is 0 Å². The van der Waals surface area contributed by atoms with Crippen molar-refractivity contribution in [2.75, 3.05) is 13.1 Å². The first kappa shape index (κ1) is 15.8. The molecule has 0 saturated carbocycles. The predicted octanol–water partition coefficient (Wildman–Crippen LogP) is -0.160. The maximum absolute atomic E-state index is 12.1. The van der Waals surface area contributed by atoms with E-state index in [1.54, 1.807) is 11.6 Å². The summed E-state index contributed by atoms with van der Waals surface area (Å²) in [6.07, 6.45) is 5.17. The van der Waals surface area contributed by atoms with E-state index in [0.717, 1.165) is 13.1 Å². The van der Waals surface area contributed by atoms with Gasteiger partial charge >= 0.3 is 5.69 Å². The number of H-pyrrole nitrogens is 1. The molecule has 4 rings (SSSR count). The highest BCUT2D eigenvalue weighted by Crippen LogP contribution is 2.13. The molecule has 1 saturated heterocycles. The summed E-state index contributed by atoms with van der Waals surface area (Å²) >= 11 is 0. The molecule has 1 fully saturated rings. The van der Waals surface area contributed by atoms with Crippen LogP contribution < -0.4 is 11.2 Å². The minimum Gasteiger partial charge on any atom is -0.338 e. The van der Waals surface area contributed by atoms with E-state index in [2.05, 4.69) is 25.0 Å². The van der Waals surface area contributed by atoms with E-state index >= 15 is 0 Å². The highest BCUT2D eigenvalue weighted by molar-refractivity contribution is 5.69. The Morgan fingerprint density at radius 3 is 2.80 bits per heavy atom. The molecule has 0 spiro atoms. The molecule has 132 valence electrons. The average Bonchev–Trinajstić information content (AvgIpc) is 3.22. The van der Waals surface area contributed by atoms with Crippen LogP contribution in [0.15, 0.2) is 20.4 Å². The van der Waals surface area contributed by atoms with Crippen molar-refractivity contribution in [3.05, 3.63) is 38.9 Å². The molecule has 0 amide bonds. The Hall–Kier alpha value is -2.75. The van der Waals surface area contributed by atoms with Crippen molar-refractivity contribution in [3.63, 3.8) is 0 Å². The third-order valence-corrected chi connectivity index (χ3v) is 4.51. The zero-order valence-electron chi connectivity index (χ0n) is 13.9. The van der Waals surface area contributed by atoms with Gasteiger partial charge in [-0.05, 0) is 25.9 Å². The Morgan fingerprint density at radius 2 is 2.00 bits per heavy atom. The van der Waals surface area contributed by atoms with Crippen molar-refractivity contribution < 1.29 is 4.52 Å². The number of hydrogen-bond donors (Lipinski definition) is 1. The van der Waals surface area contributed by atoms with Crippen LogP contribution in [-0.4, -0.2) is 47.2 Å². The lowest BCUT2D eigenvalue weighted by atomic mass is 10.1. The first-order chi connectivity index (χ1) is 12.1. The largest absolute Gasteiger partial charge is 0.338 e. The van der Waals surface area contributed by atoms with Crippen LogP contribution in [0.25, 0.3) is 11.2 Å². The van der Waals surface area contributed by atoms with Crippen LogP contribution >= 0.6 is 0 Å². The Bertz CT molecular complexity index is 1010. The SMILES string of the molecule is Cn1c(=O)[nH]c(=O)c2c1ncn2Cc1noc(CN2CCCCC2)n1. The van der Waals surface area contributed by atoms with E-state index in [9.17, 15) is 9.59 Å². The molecule has 0 unspecified atom stereocenters. The van der Waals surface area contributed by atoms with Crippen molar-refractivity contribution in [2.45, 2.75) is 32.4 Å². The van der Waals surface area contributed by atoms with Crippen LogP contribution in [0.1, 0.15) is 31.0 Å². The maximum atomic E-state index is 12.1. The van der Waals surface area contributed by atoms with Crippen LogP contribution in [-0.2, 0) is 20.1 Å². The topological polar surface area (TPSA) is 115 Å². The summed E-state index contributed by atoms with van der Waals surface area (Å²) in [4.78, 5) is 36.8.